The summed E-state index contributed by atoms with van der Waals surface area (Å²) >= 11 is 0. The van der Waals surface area contributed by atoms with Crippen LogP contribution in [-0.2, 0) is 4.74 Å². The minimum Gasteiger partial charge on any atom is -0.508 e. The molecule has 2 aromatic carbocycles. The van der Waals surface area contributed by atoms with Crippen molar-refractivity contribution in [3.8, 4) is 17.3 Å². The molecule has 1 saturated heterocycles. The van der Waals surface area contributed by atoms with Crippen molar-refractivity contribution in [2.75, 3.05) is 26.4 Å². The van der Waals surface area contributed by atoms with Crippen LogP contribution >= 0.6 is 0 Å². The Hall–Kier alpha value is -2.57. The number of rotatable bonds is 5. The Morgan fingerprint density at radius 1 is 1.23 bits per heavy atom. The lowest BCUT2D eigenvalue weighted by molar-refractivity contribution is 0.0688. The lowest BCUT2D eigenvalue weighted by atomic mass is 10.1. The number of nitrogens with zero attached hydrogens (tertiary/aromatic N) is 2. The summed E-state index contributed by atoms with van der Waals surface area (Å²) in [7, 11) is 0. The van der Waals surface area contributed by atoms with Gasteiger partial charge in [0, 0.05) is 24.3 Å². The number of hydrogen-bond acceptors (Lipinski definition) is 5. The molecule has 1 unspecified atom stereocenters. The monoisotopic (exact) mass is 353 g/mol. The van der Waals surface area contributed by atoms with E-state index >= 15 is 0 Å². The van der Waals surface area contributed by atoms with E-state index in [-0.39, 0.29) is 5.75 Å². The third kappa shape index (κ3) is 3.66. The van der Waals surface area contributed by atoms with Crippen molar-refractivity contribution in [2.45, 2.75) is 19.4 Å². The van der Waals surface area contributed by atoms with Crippen LogP contribution in [0.15, 0.2) is 42.5 Å². The molecule has 0 bridgehead atoms. The zero-order chi connectivity index (χ0) is 17.9. The van der Waals surface area contributed by atoms with Gasteiger partial charge >= 0.3 is 0 Å². The molecule has 1 aliphatic rings. The van der Waals surface area contributed by atoms with E-state index in [9.17, 15) is 5.11 Å². The average molecular weight is 353 g/mol. The van der Waals surface area contributed by atoms with Gasteiger partial charge in [0.05, 0.1) is 25.5 Å². The number of ether oxygens (including phenoxy) is 2. The summed E-state index contributed by atoms with van der Waals surface area (Å²) in [4.78, 5) is 0. The van der Waals surface area contributed by atoms with E-state index in [0.29, 0.717) is 18.5 Å². The number of morpholine rings is 1. The molecule has 6 heteroatoms. The second-order valence-corrected chi connectivity index (χ2v) is 6.61. The first-order valence-corrected chi connectivity index (χ1v) is 8.93. The number of aryl methyl sites for hydroxylation is 1. The molecule has 3 aromatic rings. The molecular formula is C20H23N3O3. The van der Waals surface area contributed by atoms with Gasteiger partial charge in [-0.2, -0.15) is 0 Å². The van der Waals surface area contributed by atoms with Crippen molar-refractivity contribution in [3.63, 3.8) is 0 Å². The molecule has 0 radical (unpaired) electrons. The lowest BCUT2D eigenvalue weighted by Gasteiger charge is -2.23. The molecule has 2 N–H and O–H groups in total. The minimum atomic E-state index is 0.272. The van der Waals surface area contributed by atoms with Crippen LogP contribution in [0.1, 0.15) is 12.1 Å². The van der Waals surface area contributed by atoms with Crippen molar-refractivity contribution < 1.29 is 14.6 Å². The highest BCUT2D eigenvalue weighted by Gasteiger charge is 2.14. The normalized spacial score (nSPS) is 17.5. The van der Waals surface area contributed by atoms with E-state index in [0.717, 1.165) is 48.3 Å². The predicted molar refractivity (Wildman–Crippen MR) is 100 cm³/mol. The summed E-state index contributed by atoms with van der Waals surface area (Å²) < 4.78 is 13.2. The highest BCUT2D eigenvalue weighted by Crippen LogP contribution is 2.24. The van der Waals surface area contributed by atoms with Gasteiger partial charge in [-0.3, -0.25) is 0 Å². The molecule has 6 nitrogen and oxygen atoms in total. The molecule has 0 amide bonds. The fourth-order valence-corrected chi connectivity index (χ4v) is 3.24. The first kappa shape index (κ1) is 16.9. The Balaban J connectivity index is 1.46. The van der Waals surface area contributed by atoms with Gasteiger partial charge in [0.15, 0.2) is 0 Å². The minimum absolute atomic E-state index is 0.272. The Bertz CT molecular complexity index is 900. The fraction of sp³-hybridized carbons (Fsp3) is 0.350. The van der Waals surface area contributed by atoms with Gasteiger partial charge in [0.25, 0.3) is 0 Å². The maximum Gasteiger partial charge on any atom is 0.233 e. The van der Waals surface area contributed by atoms with Gasteiger partial charge < -0.3 is 19.9 Å². The zero-order valence-electron chi connectivity index (χ0n) is 14.8. The molecule has 0 saturated carbocycles. The van der Waals surface area contributed by atoms with E-state index in [1.807, 2.05) is 35.9 Å². The molecule has 1 atom stereocenters. The van der Waals surface area contributed by atoms with Crippen LogP contribution in [0.4, 0.5) is 0 Å². The van der Waals surface area contributed by atoms with Crippen LogP contribution < -0.4 is 10.1 Å². The van der Waals surface area contributed by atoms with E-state index in [2.05, 4.69) is 16.5 Å². The molecule has 136 valence electrons. The van der Waals surface area contributed by atoms with E-state index in [4.69, 9.17) is 9.47 Å². The van der Waals surface area contributed by atoms with Gasteiger partial charge in [0.2, 0.25) is 5.88 Å². The van der Waals surface area contributed by atoms with Crippen LogP contribution in [0.5, 0.6) is 11.6 Å². The number of aromatic hydroxyl groups is 1. The Labute approximate surface area is 152 Å². The molecule has 4 rings (SSSR count). The van der Waals surface area contributed by atoms with Crippen molar-refractivity contribution >= 4 is 10.8 Å². The number of fused-ring (bicyclic) bond motifs is 1. The van der Waals surface area contributed by atoms with Crippen LogP contribution in [0, 0.1) is 6.92 Å². The first-order chi connectivity index (χ1) is 12.7. The van der Waals surface area contributed by atoms with E-state index in [1.54, 1.807) is 12.1 Å². The van der Waals surface area contributed by atoms with Gasteiger partial charge in [-0.25, -0.2) is 4.68 Å². The molecular weight excluding hydrogens is 330 g/mol. The van der Waals surface area contributed by atoms with Gasteiger partial charge in [-0.15, -0.1) is 5.10 Å². The molecule has 2 heterocycles. The quantitative estimate of drug-likeness (QED) is 0.738. The number of phenols is 1. The van der Waals surface area contributed by atoms with Gasteiger partial charge in [-0.1, -0.05) is 12.1 Å². The summed E-state index contributed by atoms with van der Waals surface area (Å²) in [6.07, 6.45) is 0.894. The molecule has 1 aliphatic heterocycles. The smallest absolute Gasteiger partial charge is 0.233 e. The molecule has 0 spiro atoms. The summed E-state index contributed by atoms with van der Waals surface area (Å²) in [5, 5.41) is 19.6. The standard InChI is InChI=1S/C20H23N3O3/c1-14-10-20(26-8-6-17-13-25-9-7-21-17)22-23(14)18-4-2-16-12-19(24)5-3-15(16)11-18/h2-5,10-12,17,21,24H,6-9,13H2,1H3. The molecule has 1 aromatic heterocycles. The number of phenolic OH excluding ortho intramolecular Hbond substituents is 1. The summed E-state index contributed by atoms with van der Waals surface area (Å²) in [5.74, 6) is 0.902. The lowest BCUT2D eigenvalue weighted by Crippen LogP contribution is -2.42. The van der Waals surface area contributed by atoms with E-state index < -0.39 is 0 Å². The second-order valence-electron chi connectivity index (χ2n) is 6.61. The molecule has 0 aliphatic carbocycles. The largest absolute Gasteiger partial charge is 0.508 e. The number of benzene rings is 2. The van der Waals surface area contributed by atoms with Crippen LogP contribution in [-0.4, -0.2) is 47.3 Å². The van der Waals surface area contributed by atoms with Crippen molar-refractivity contribution in [3.05, 3.63) is 48.2 Å². The highest BCUT2D eigenvalue weighted by molar-refractivity contribution is 5.85. The Kier molecular flexibility index (Phi) is 4.77. The highest BCUT2D eigenvalue weighted by atomic mass is 16.5. The summed E-state index contributed by atoms with van der Waals surface area (Å²) in [6, 6.07) is 13.7. The number of hydrogen-bond donors (Lipinski definition) is 2. The van der Waals surface area contributed by atoms with Crippen LogP contribution in [0.25, 0.3) is 16.5 Å². The molecule has 1 fully saturated rings. The number of aromatic nitrogens is 2. The third-order valence-corrected chi connectivity index (χ3v) is 4.63. The Morgan fingerprint density at radius 3 is 2.92 bits per heavy atom. The van der Waals surface area contributed by atoms with Crippen molar-refractivity contribution in [2.24, 2.45) is 0 Å². The Morgan fingerprint density at radius 2 is 2.08 bits per heavy atom. The van der Waals surface area contributed by atoms with Crippen LogP contribution in [0.3, 0.4) is 0 Å². The van der Waals surface area contributed by atoms with Crippen molar-refractivity contribution in [1.82, 2.24) is 15.1 Å². The molecule has 26 heavy (non-hydrogen) atoms. The summed E-state index contributed by atoms with van der Waals surface area (Å²) in [5.41, 5.74) is 1.98. The third-order valence-electron chi connectivity index (χ3n) is 4.63. The number of nitrogens with one attached hydrogen (secondary N) is 1. The maximum atomic E-state index is 9.59. The van der Waals surface area contributed by atoms with Gasteiger partial charge in [-0.05, 0) is 48.4 Å². The average Bonchev–Trinajstić information content (AvgIpc) is 3.03. The van der Waals surface area contributed by atoms with E-state index in [1.165, 1.54) is 0 Å². The van der Waals surface area contributed by atoms with Gasteiger partial charge in [0.1, 0.15) is 5.75 Å². The SMILES string of the molecule is Cc1cc(OCCC2COCCN2)nn1-c1ccc2cc(O)ccc2c1. The second kappa shape index (κ2) is 7.35. The predicted octanol–water partition coefficient (Wildman–Crippen LogP) is 2.80. The fourth-order valence-electron chi connectivity index (χ4n) is 3.24. The summed E-state index contributed by atoms with van der Waals surface area (Å²) in [6.45, 7) is 5.04. The topological polar surface area (TPSA) is 68.5 Å². The van der Waals surface area contributed by atoms with Crippen LogP contribution in [0.2, 0.25) is 0 Å². The zero-order valence-corrected chi connectivity index (χ0v) is 14.8. The first-order valence-electron chi connectivity index (χ1n) is 8.93. The van der Waals surface area contributed by atoms with Crippen molar-refractivity contribution in [1.29, 1.82) is 0 Å². The maximum absolute atomic E-state index is 9.59.